The van der Waals surface area contributed by atoms with Crippen molar-refractivity contribution >= 4 is 53.9 Å². The van der Waals surface area contributed by atoms with Crippen LogP contribution in [-0.4, -0.2) is 0 Å². The van der Waals surface area contributed by atoms with Gasteiger partial charge < -0.3 is 0 Å². The first-order valence-electron chi connectivity index (χ1n) is 17.0. The van der Waals surface area contributed by atoms with E-state index in [1.54, 1.807) is 0 Å². The lowest BCUT2D eigenvalue weighted by Crippen LogP contribution is -2.14. The maximum atomic E-state index is 2.46. The molecule has 48 heavy (non-hydrogen) atoms. The van der Waals surface area contributed by atoms with Gasteiger partial charge in [-0.15, -0.1) is 0 Å². The third-order valence-electron chi connectivity index (χ3n) is 11.1. The van der Waals surface area contributed by atoms with E-state index in [-0.39, 0.29) is 5.41 Å². The maximum absolute atomic E-state index is 2.46. The molecule has 1 aliphatic rings. The molecule has 0 saturated carbocycles. The molecule has 0 bridgehead atoms. The first-order valence-corrected chi connectivity index (χ1v) is 17.0. The van der Waals surface area contributed by atoms with E-state index < -0.39 is 0 Å². The van der Waals surface area contributed by atoms with E-state index in [2.05, 4.69) is 172 Å². The molecular weight excluding hydrogens is 577 g/mol. The van der Waals surface area contributed by atoms with Crippen molar-refractivity contribution in [1.29, 1.82) is 0 Å². The van der Waals surface area contributed by atoms with Crippen LogP contribution in [0, 0.1) is 6.92 Å². The molecule has 0 aliphatic heterocycles. The fraction of sp³-hybridized carbons (Fsp3) is 0.0833. The van der Waals surface area contributed by atoms with Gasteiger partial charge in [-0.05, 0) is 117 Å². The predicted octanol–water partition coefficient (Wildman–Crippen LogP) is 13.4. The summed E-state index contributed by atoms with van der Waals surface area (Å²) in [5.41, 5.74) is 11.9. The van der Waals surface area contributed by atoms with Crippen LogP contribution >= 0.6 is 0 Å². The third-order valence-corrected chi connectivity index (χ3v) is 11.1. The quantitative estimate of drug-likeness (QED) is 0.135. The topological polar surface area (TPSA) is 0 Å². The summed E-state index contributed by atoms with van der Waals surface area (Å²) < 4.78 is 0. The Morgan fingerprint density at radius 2 is 0.792 bits per heavy atom. The van der Waals surface area contributed by atoms with Gasteiger partial charge in [0, 0.05) is 5.41 Å². The lowest BCUT2D eigenvalue weighted by molar-refractivity contribution is 0.660. The van der Waals surface area contributed by atoms with Gasteiger partial charge in [-0.3, -0.25) is 0 Å². The minimum Gasteiger partial charge on any atom is -0.0619 e. The van der Waals surface area contributed by atoms with E-state index in [1.807, 2.05) is 0 Å². The van der Waals surface area contributed by atoms with Crippen molar-refractivity contribution < 1.29 is 0 Å². The number of hydrogen-bond acceptors (Lipinski definition) is 0. The van der Waals surface area contributed by atoms with Crippen LogP contribution in [0.1, 0.15) is 30.5 Å². The van der Waals surface area contributed by atoms with Crippen molar-refractivity contribution in [2.24, 2.45) is 0 Å². The van der Waals surface area contributed by atoms with Crippen LogP contribution in [0.25, 0.3) is 87.2 Å². The molecule has 226 valence electrons. The summed E-state index contributed by atoms with van der Waals surface area (Å²) in [6.07, 6.45) is 0. The molecule has 0 N–H and O–H groups in total. The lowest BCUT2D eigenvalue weighted by atomic mass is 9.81. The molecule has 0 fully saturated rings. The van der Waals surface area contributed by atoms with Crippen molar-refractivity contribution in [3.63, 3.8) is 0 Å². The second-order valence-corrected chi connectivity index (χ2v) is 14.1. The Balaban J connectivity index is 1.29. The van der Waals surface area contributed by atoms with Crippen molar-refractivity contribution in [1.82, 2.24) is 0 Å². The Morgan fingerprint density at radius 1 is 0.333 bits per heavy atom. The number of hydrogen-bond donors (Lipinski definition) is 0. The van der Waals surface area contributed by atoms with E-state index in [4.69, 9.17) is 0 Å². The highest BCUT2D eigenvalue weighted by molar-refractivity contribution is 6.27. The maximum Gasteiger partial charge on any atom is 0.0158 e. The van der Waals surface area contributed by atoms with E-state index in [0.29, 0.717) is 0 Å². The van der Waals surface area contributed by atoms with Crippen LogP contribution in [0.3, 0.4) is 0 Å². The van der Waals surface area contributed by atoms with Crippen LogP contribution < -0.4 is 0 Å². The summed E-state index contributed by atoms with van der Waals surface area (Å²) in [5.74, 6) is 0. The highest BCUT2D eigenvalue weighted by atomic mass is 14.4. The zero-order valence-electron chi connectivity index (χ0n) is 27.4. The first kappa shape index (κ1) is 27.4. The zero-order chi connectivity index (χ0) is 32.1. The van der Waals surface area contributed by atoms with Crippen molar-refractivity contribution in [2.75, 3.05) is 0 Å². The normalized spacial score (nSPS) is 13.5. The van der Waals surface area contributed by atoms with E-state index in [9.17, 15) is 0 Å². The Kier molecular flexibility index (Phi) is 5.65. The summed E-state index contributed by atoms with van der Waals surface area (Å²) in [6.45, 7) is 6.93. The molecule has 0 heteroatoms. The molecule has 0 amide bonds. The fourth-order valence-corrected chi connectivity index (χ4v) is 8.85. The highest BCUT2D eigenvalue weighted by Gasteiger charge is 2.35. The Labute approximate surface area is 280 Å². The van der Waals surface area contributed by atoms with Gasteiger partial charge in [0.15, 0.2) is 0 Å². The van der Waals surface area contributed by atoms with E-state index >= 15 is 0 Å². The van der Waals surface area contributed by atoms with E-state index in [1.165, 1.54) is 104 Å². The van der Waals surface area contributed by atoms with Gasteiger partial charge in [-0.25, -0.2) is 0 Å². The Bertz CT molecular complexity index is 2780. The average molecular weight is 611 g/mol. The molecule has 9 aromatic rings. The predicted molar refractivity (Wildman–Crippen MR) is 207 cm³/mol. The summed E-state index contributed by atoms with van der Waals surface area (Å²) in [5, 5.41) is 13.0. The second kappa shape index (κ2) is 9.89. The van der Waals surface area contributed by atoms with Gasteiger partial charge in [-0.1, -0.05) is 159 Å². The second-order valence-electron chi connectivity index (χ2n) is 14.1. The summed E-state index contributed by atoms with van der Waals surface area (Å²) in [6, 6.07) is 57.1. The van der Waals surface area contributed by atoms with Crippen LogP contribution in [0.5, 0.6) is 0 Å². The molecule has 0 radical (unpaired) electrons. The molecule has 0 spiro atoms. The number of rotatable bonds is 2. The number of fused-ring (bicyclic) bond motifs is 11. The Morgan fingerprint density at radius 3 is 1.48 bits per heavy atom. The summed E-state index contributed by atoms with van der Waals surface area (Å²) in [4.78, 5) is 0. The summed E-state index contributed by atoms with van der Waals surface area (Å²) in [7, 11) is 0. The van der Waals surface area contributed by atoms with E-state index in [0.717, 1.165) is 0 Å². The monoisotopic (exact) mass is 610 g/mol. The molecule has 0 unspecified atom stereocenters. The van der Waals surface area contributed by atoms with Gasteiger partial charge in [0.1, 0.15) is 0 Å². The molecule has 0 atom stereocenters. The van der Waals surface area contributed by atoms with Crippen molar-refractivity contribution in [3.8, 4) is 33.4 Å². The SMILES string of the molecule is Cc1ccc2c(-c3ccc4c5ccccc5c5ccccc5c4c3)c3ccccc3c(-c3ccc4c(c3)-c3ccccc3C4(C)C)c2c1. The highest BCUT2D eigenvalue weighted by Crippen LogP contribution is 2.51. The molecule has 1 aliphatic carbocycles. The van der Waals surface area contributed by atoms with Crippen LogP contribution in [0.15, 0.2) is 152 Å². The van der Waals surface area contributed by atoms with Gasteiger partial charge in [-0.2, -0.15) is 0 Å². The fourth-order valence-electron chi connectivity index (χ4n) is 8.85. The van der Waals surface area contributed by atoms with Crippen molar-refractivity contribution in [2.45, 2.75) is 26.2 Å². The average Bonchev–Trinajstić information content (AvgIpc) is 3.36. The van der Waals surface area contributed by atoms with Gasteiger partial charge in [0.2, 0.25) is 0 Å². The smallest absolute Gasteiger partial charge is 0.0158 e. The molecule has 0 nitrogen and oxygen atoms in total. The molecule has 0 heterocycles. The minimum atomic E-state index is -0.0133. The zero-order valence-corrected chi connectivity index (χ0v) is 27.4. The first-order chi connectivity index (χ1) is 23.5. The Hall–Kier alpha value is -5.72. The standard InChI is InChI=1S/C48H34/c1-29-20-23-40-43(26-29)47(31-22-25-45-42(28-31)37-16-10-11-19-44(37)48(45,2)3)39-18-9-8-17-38(39)46(40)30-21-24-36-34-14-5-4-12-32(34)33-13-6-7-15-35(33)41(36)27-30/h4-28H,1-3H3. The van der Waals surface area contributed by atoms with Crippen LogP contribution in [-0.2, 0) is 5.41 Å². The summed E-state index contributed by atoms with van der Waals surface area (Å²) >= 11 is 0. The minimum absolute atomic E-state index is 0.0133. The van der Waals surface area contributed by atoms with Crippen LogP contribution in [0.2, 0.25) is 0 Å². The number of aryl methyl sites for hydroxylation is 1. The largest absolute Gasteiger partial charge is 0.0619 e. The van der Waals surface area contributed by atoms with Gasteiger partial charge in [0.05, 0.1) is 0 Å². The third kappa shape index (κ3) is 3.72. The lowest BCUT2D eigenvalue weighted by Gasteiger charge is -2.22. The van der Waals surface area contributed by atoms with Crippen LogP contribution in [0.4, 0.5) is 0 Å². The molecule has 10 rings (SSSR count). The van der Waals surface area contributed by atoms with Crippen molar-refractivity contribution in [3.05, 3.63) is 168 Å². The molecule has 0 saturated heterocycles. The van der Waals surface area contributed by atoms with Gasteiger partial charge >= 0.3 is 0 Å². The molecule has 0 aromatic heterocycles. The molecule has 9 aromatic carbocycles. The molecular formula is C48H34. The van der Waals surface area contributed by atoms with Gasteiger partial charge in [0.25, 0.3) is 0 Å². The number of benzene rings is 9.